The Morgan fingerprint density at radius 3 is 2.44 bits per heavy atom. The molecule has 0 aliphatic carbocycles. The van der Waals surface area contributed by atoms with Crippen molar-refractivity contribution in [3.8, 4) is 0 Å². The van der Waals surface area contributed by atoms with Gasteiger partial charge in [-0.1, -0.05) is 13.8 Å². The van der Waals surface area contributed by atoms with Crippen LogP contribution in [0.15, 0.2) is 0 Å². The summed E-state index contributed by atoms with van der Waals surface area (Å²) < 4.78 is 0. The second-order valence-electron chi connectivity index (χ2n) is 5.27. The molecule has 0 spiro atoms. The number of aryl methyl sites for hydroxylation is 1. The maximum atomic E-state index is 4.65. The van der Waals surface area contributed by atoms with Gasteiger partial charge in [0.1, 0.15) is 0 Å². The van der Waals surface area contributed by atoms with Crippen molar-refractivity contribution in [3.05, 3.63) is 10.6 Å². The van der Waals surface area contributed by atoms with Gasteiger partial charge in [-0.2, -0.15) is 0 Å². The average Bonchev–Trinajstić information content (AvgIpc) is 2.65. The maximum Gasteiger partial charge on any atom is 0.185 e. The molecule has 0 aromatic carbocycles. The molecular formula is C13H26N4S. The molecule has 18 heavy (non-hydrogen) atoms. The van der Waals surface area contributed by atoms with Crippen molar-refractivity contribution in [2.45, 2.75) is 33.4 Å². The Bertz CT molecular complexity index is 360. The lowest BCUT2D eigenvalue weighted by Crippen LogP contribution is -2.28. The van der Waals surface area contributed by atoms with Crippen LogP contribution in [0.5, 0.6) is 0 Å². The Labute approximate surface area is 115 Å². The van der Waals surface area contributed by atoms with Gasteiger partial charge in [-0.15, -0.1) is 11.3 Å². The topological polar surface area (TPSA) is 31.4 Å². The number of nitrogens with one attached hydrogen (secondary N) is 1. The fraction of sp³-hybridized carbons (Fsp3) is 0.769. The Morgan fingerprint density at radius 1 is 1.22 bits per heavy atom. The first-order valence-electron chi connectivity index (χ1n) is 6.45. The Morgan fingerprint density at radius 2 is 1.89 bits per heavy atom. The SMILES string of the molecule is Cc1nc(N(C)CCN(C)C)sc1CNC(C)C. The average molecular weight is 270 g/mol. The fourth-order valence-electron chi connectivity index (χ4n) is 1.48. The summed E-state index contributed by atoms with van der Waals surface area (Å²) in [5, 5.41) is 4.57. The lowest BCUT2D eigenvalue weighted by Gasteiger charge is -2.18. The summed E-state index contributed by atoms with van der Waals surface area (Å²) in [7, 11) is 6.30. The smallest absolute Gasteiger partial charge is 0.185 e. The number of hydrogen-bond acceptors (Lipinski definition) is 5. The summed E-state index contributed by atoms with van der Waals surface area (Å²) in [5.74, 6) is 0. The molecule has 0 aliphatic heterocycles. The second kappa shape index (κ2) is 7.07. The van der Waals surface area contributed by atoms with Crippen LogP contribution in [0.4, 0.5) is 5.13 Å². The zero-order chi connectivity index (χ0) is 13.7. The number of anilines is 1. The monoisotopic (exact) mass is 270 g/mol. The second-order valence-corrected chi connectivity index (χ2v) is 6.33. The molecule has 1 heterocycles. The van der Waals surface area contributed by atoms with Gasteiger partial charge >= 0.3 is 0 Å². The fourth-order valence-corrected chi connectivity index (χ4v) is 2.48. The summed E-state index contributed by atoms with van der Waals surface area (Å²) >= 11 is 1.80. The minimum absolute atomic E-state index is 0.515. The lowest BCUT2D eigenvalue weighted by atomic mass is 10.3. The molecule has 0 atom stereocenters. The molecule has 1 N–H and O–H groups in total. The summed E-state index contributed by atoms with van der Waals surface area (Å²) in [6.45, 7) is 9.41. The third-order valence-corrected chi connectivity index (χ3v) is 4.03. The third-order valence-electron chi connectivity index (χ3n) is 2.76. The molecule has 0 unspecified atom stereocenters. The van der Waals surface area contributed by atoms with E-state index >= 15 is 0 Å². The molecular weight excluding hydrogens is 244 g/mol. The number of hydrogen-bond donors (Lipinski definition) is 1. The van der Waals surface area contributed by atoms with Crippen LogP contribution in [0.25, 0.3) is 0 Å². The van der Waals surface area contributed by atoms with Crippen LogP contribution in [0.1, 0.15) is 24.4 Å². The Balaban J connectivity index is 2.59. The van der Waals surface area contributed by atoms with Crippen molar-refractivity contribution >= 4 is 16.5 Å². The van der Waals surface area contributed by atoms with E-state index in [1.54, 1.807) is 11.3 Å². The standard InChI is InChI=1S/C13H26N4S/c1-10(2)14-9-12-11(3)15-13(18-12)17(6)8-7-16(4)5/h10,14H,7-9H2,1-6H3. The summed E-state index contributed by atoms with van der Waals surface area (Å²) in [6, 6.07) is 0.515. The highest BCUT2D eigenvalue weighted by Crippen LogP contribution is 2.25. The van der Waals surface area contributed by atoms with Crippen molar-refractivity contribution < 1.29 is 0 Å². The predicted molar refractivity (Wildman–Crippen MR) is 80.7 cm³/mol. The highest BCUT2D eigenvalue weighted by molar-refractivity contribution is 7.15. The minimum atomic E-state index is 0.515. The first-order valence-corrected chi connectivity index (χ1v) is 7.27. The molecule has 0 fully saturated rings. The normalized spacial score (nSPS) is 11.6. The van der Waals surface area contributed by atoms with Crippen LogP contribution in [0.3, 0.4) is 0 Å². The highest BCUT2D eigenvalue weighted by atomic mass is 32.1. The van der Waals surface area contributed by atoms with Crippen LogP contribution in [0, 0.1) is 6.92 Å². The van der Waals surface area contributed by atoms with Crippen molar-refractivity contribution in [1.29, 1.82) is 0 Å². The number of rotatable bonds is 7. The van der Waals surface area contributed by atoms with Gasteiger partial charge in [0.15, 0.2) is 5.13 Å². The van der Waals surface area contributed by atoms with E-state index in [0.29, 0.717) is 6.04 Å². The molecule has 1 aromatic heterocycles. The lowest BCUT2D eigenvalue weighted by molar-refractivity contribution is 0.416. The number of nitrogens with zero attached hydrogens (tertiary/aromatic N) is 3. The first-order chi connectivity index (χ1) is 8.40. The Kier molecular flexibility index (Phi) is 6.05. The van der Waals surface area contributed by atoms with Crippen molar-refractivity contribution in [3.63, 3.8) is 0 Å². The van der Waals surface area contributed by atoms with Gasteiger partial charge in [0.2, 0.25) is 0 Å². The van der Waals surface area contributed by atoms with E-state index in [-0.39, 0.29) is 0 Å². The van der Waals surface area contributed by atoms with Gasteiger partial charge < -0.3 is 15.1 Å². The summed E-state index contributed by atoms with van der Waals surface area (Å²) in [6.07, 6.45) is 0. The first kappa shape index (κ1) is 15.4. The number of likely N-dealkylation sites (N-methyl/N-ethyl adjacent to an activating group) is 2. The molecule has 4 nitrogen and oxygen atoms in total. The molecule has 1 aromatic rings. The van der Waals surface area contributed by atoms with E-state index < -0.39 is 0 Å². The van der Waals surface area contributed by atoms with Crippen LogP contribution in [-0.2, 0) is 6.54 Å². The van der Waals surface area contributed by atoms with Crippen molar-refractivity contribution in [2.75, 3.05) is 39.1 Å². The van der Waals surface area contributed by atoms with Crippen molar-refractivity contribution in [2.24, 2.45) is 0 Å². The Hall–Kier alpha value is -0.650. The molecule has 0 bridgehead atoms. The predicted octanol–water partition coefficient (Wildman–Crippen LogP) is 1.95. The van der Waals surface area contributed by atoms with Gasteiger partial charge in [-0.05, 0) is 21.0 Å². The van der Waals surface area contributed by atoms with E-state index in [1.807, 2.05) is 0 Å². The van der Waals surface area contributed by atoms with Gasteiger partial charge in [-0.3, -0.25) is 0 Å². The molecule has 1 rings (SSSR count). The van der Waals surface area contributed by atoms with Crippen LogP contribution < -0.4 is 10.2 Å². The molecule has 104 valence electrons. The maximum absolute atomic E-state index is 4.65. The molecule has 0 radical (unpaired) electrons. The zero-order valence-electron chi connectivity index (χ0n) is 12.4. The molecule has 0 aliphatic rings. The molecule has 0 saturated carbocycles. The molecule has 0 amide bonds. The third kappa shape index (κ3) is 4.92. The van der Waals surface area contributed by atoms with Crippen molar-refractivity contribution in [1.82, 2.24) is 15.2 Å². The van der Waals surface area contributed by atoms with Crippen LogP contribution in [-0.4, -0.2) is 50.2 Å². The number of thiazole rings is 1. The van der Waals surface area contributed by atoms with Gasteiger partial charge in [0.05, 0.1) is 5.69 Å². The van der Waals surface area contributed by atoms with Gasteiger partial charge in [0, 0.05) is 37.6 Å². The quantitative estimate of drug-likeness (QED) is 0.820. The highest BCUT2D eigenvalue weighted by Gasteiger charge is 2.11. The number of aromatic nitrogens is 1. The van der Waals surface area contributed by atoms with E-state index in [1.165, 1.54) is 4.88 Å². The molecule has 0 saturated heterocycles. The largest absolute Gasteiger partial charge is 0.350 e. The minimum Gasteiger partial charge on any atom is -0.350 e. The van der Waals surface area contributed by atoms with E-state index in [0.717, 1.165) is 30.5 Å². The van der Waals surface area contributed by atoms with Crippen LogP contribution in [0.2, 0.25) is 0 Å². The van der Waals surface area contributed by atoms with Crippen LogP contribution >= 0.6 is 11.3 Å². The van der Waals surface area contributed by atoms with E-state index in [9.17, 15) is 0 Å². The van der Waals surface area contributed by atoms with E-state index in [2.05, 4.69) is 62.0 Å². The summed E-state index contributed by atoms with van der Waals surface area (Å²) in [5.41, 5.74) is 1.15. The summed E-state index contributed by atoms with van der Waals surface area (Å²) in [4.78, 5) is 10.4. The molecule has 5 heteroatoms. The van der Waals surface area contributed by atoms with E-state index in [4.69, 9.17) is 0 Å². The van der Waals surface area contributed by atoms with Gasteiger partial charge in [-0.25, -0.2) is 4.98 Å². The van der Waals surface area contributed by atoms with Gasteiger partial charge in [0.25, 0.3) is 0 Å². The zero-order valence-corrected chi connectivity index (χ0v) is 13.3.